The zero-order chi connectivity index (χ0) is 20.6. The van der Waals surface area contributed by atoms with Crippen molar-refractivity contribution in [3.05, 3.63) is 46.2 Å². The van der Waals surface area contributed by atoms with Crippen molar-refractivity contribution in [3.8, 4) is 11.4 Å². The molecule has 29 heavy (non-hydrogen) atoms. The molecule has 0 atom stereocenters. The fourth-order valence-corrected chi connectivity index (χ4v) is 4.44. The Morgan fingerprint density at radius 2 is 2.00 bits per heavy atom. The first-order valence-corrected chi connectivity index (χ1v) is 11.3. The molecule has 7 nitrogen and oxygen atoms in total. The maximum Gasteiger partial charge on any atom is 0.230 e. The van der Waals surface area contributed by atoms with E-state index in [0.717, 1.165) is 47.2 Å². The normalized spacial score (nSPS) is 10.9. The van der Waals surface area contributed by atoms with Crippen LogP contribution in [0.25, 0.3) is 5.69 Å². The monoisotopic (exact) mass is 431 g/mol. The molecule has 2 aromatic heterocycles. The zero-order valence-corrected chi connectivity index (χ0v) is 18.5. The van der Waals surface area contributed by atoms with Crippen molar-refractivity contribution in [2.45, 2.75) is 38.3 Å². The molecule has 1 amide bonds. The van der Waals surface area contributed by atoms with Gasteiger partial charge in [0.25, 0.3) is 0 Å². The Kier molecular flexibility index (Phi) is 7.65. The third-order valence-electron chi connectivity index (χ3n) is 4.26. The minimum absolute atomic E-state index is 0.00188. The summed E-state index contributed by atoms with van der Waals surface area (Å²) in [6.07, 6.45) is 2.93. The molecule has 3 rings (SSSR count). The van der Waals surface area contributed by atoms with Gasteiger partial charge in [0.2, 0.25) is 5.91 Å². The molecule has 0 saturated carbocycles. The first-order chi connectivity index (χ1) is 14.1. The van der Waals surface area contributed by atoms with Gasteiger partial charge >= 0.3 is 0 Å². The number of methoxy groups -OCH3 is 1. The summed E-state index contributed by atoms with van der Waals surface area (Å²) in [6, 6.07) is 7.68. The summed E-state index contributed by atoms with van der Waals surface area (Å²) in [5.74, 6) is 1.87. The molecule has 1 N–H and O–H groups in total. The lowest BCUT2D eigenvalue weighted by Crippen LogP contribution is -2.26. The molecule has 0 aliphatic carbocycles. The first kappa shape index (κ1) is 21.3. The van der Waals surface area contributed by atoms with Crippen LogP contribution in [0.4, 0.5) is 0 Å². The van der Waals surface area contributed by atoms with Crippen molar-refractivity contribution in [2.75, 3.05) is 19.4 Å². The summed E-state index contributed by atoms with van der Waals surface area (Å²) in [4.78, 5) is 16.6. The summed E-state index contributed by atoms with van der Waals surface area (Å²) >= 11 is 3.08. The van der Waals surface area contributed by atoms with E-state index in [9.17, 15) is 4.79 Å². The average molecular weight is 432 g/mol. The van der Waals surface area contributed by atoms with Crippen LogP contribution >= 0.6 is 23.1 Å². The predicted octanol–water partition coefficient (Wildman–Crippen LogP) is 3.58. The number of carbonyl (C=O) groups excluding carboxylic acids is 1. The second-order valence-corrected chi connectivity index (χ2v) is 8.43. The zero-order valence-electron chi connectivity index (χ0n) is 16.8. The standard InChI is InChI=1S/C20H25N5O2S2/c1-14-12-28-19(22-14)6-4-5-11-21-18(26)13-29-20-24-23-15(2)25(20)16-7-9-17(27-3)10-8-16/h7-10,12H,4-6,11,13H2,1-3H3,(H,21,26). The Labute approximate surface area is 178 Å². The van der Waals surface area contributed by atoms with Crippen LogP contribution in [0.3, 0.4) is 0 Å². The highest BCUT2D eigenvalue weighted by atomic mass is 32.2. The highest BCUT2D eigenvalue weighted by Gasteiger charge is 2.13. The van der Waals surface area contributed by atoms with E-state index < -0.39 is 0 Å². The Morgan fingerprint density at radius 1 is 1.21 bits per heavy atom. The third-order valence-corrected chi connectivity index (χ3v) is 6.22. The number of ether oxygens (including phenoxy) is 1. The van der Waals surface area contributed by atoms with Crippen LogP contribution in [0.15, 0.2) is 34.8 Å². The molecule has 0 fully saturated rings. The number of thioether (sulfide) groups is 1. The number of hydrogen-bond acceptors (Lipinski definition) is 7. The first-order valence-electron chi connectivity index (χ1n) is 9.44. The quantitative estimate of drug-likeness (QED) is 0.390. The number of amides is 1. The number of aryl methyl sites for hydroxylation is 3. The molecule has 0 spiro atoms. The molecule has 0 unspecified atom stereocenters. The number of unbranched alkanes of at least 4 members (excludes halogenated alkanes) is 1. The van der Waals surface area contributed by atoms with E-state index in [2.05, 4.69) is 25.9 Å². The molecular weight excluding hydrogens is 406 g/mol. The van der Waals surface area contributed by atoms with E-state index in [0.29, 0.717) is 17.5 Å². The number of rotatable bonds is 10. The van der Waals surface area contributed by atoms with Crippen LogP contribution in [0.1, 0.15) is 29.4 Å². The van der Waals surface area contributed by atoms with Gasteiger partial charge in [-0.3, -0.25) is 9.36 Å². The number of nitrogens with one attached hydrogen (secondary N) is 1. The molecular formula is C20H25N5O2S2. The molecule has 0 saturated heterocycles. The van der Waals surface area contributed by atoms with Crippen molar-refractivity contribution < 1.29 is 9.53 Å². The molecule has 9 heteroatoms. The minimum atomic E-state index is 0.00188. The molecule has 0 aliphatic rings. The lowest BCUT2D eigenvalue weighted by molar-refractivity contribution is -0.118. The average Bonchev–Trinajstić information content (AvgIpc) is 3.31. The van der Waals surface area contributed by atoms with Gasteiger partial charge in [0.15, 0.2) is 5.16 Å². The molecule has 2 heterocycles. The number of benzene rings is 1. The van der Waals surface area contributed by atoms with Gasteiger partial charge < -0.3 is 10.1 Å². The van der Waals surface area contributed by atoms with Gasteiger partial charge in [-0.05, 0) is 57.4 Å². The van der Waals surface area contributed by atoms with E-state index in [-0.39, 0.29) is 5.91 Å². The van der Waals surface area contributed by atoms with Gasteiger partial charge in [-0.15, -0.1) is 21.5 Å². The van der Waals surface area contributed by atoms with Gasteiger partial charge in [-0.2, -0.15) is 0 Å². The van der Waals surface area contributed by atoms with Crippen LogP contribution in [0, 0.1) is 13.8 Å². The molecule has 3 aromatic rings. The number of thiazole rings is 1. The highest BCUT2D eigenvalue weighted by Crippen LogP contribution is 2.23. The van der Waals surface area contributed by atoms with Gasteiger partial charge in [0, 0.05) is 23.3 Å². The highest BCUT2D eigenvalue weighted by molar-refractivity contribution is 7.99. The van der Waals surface area contributed by atoms with Crippen molar-refractivity contribution in [1.29, 1.82) is 0 Å². The molecule has 0 aliphatic heterocycles. The topological polar surface area (TPSA) is 81.9 Å². The lowest BCUT2D eigenvalue weighted by Gasteiger charge is -2.09. The minimum Gasteiger partial charge on any atom is -0.497 e. The van der Waals surface area contributed by atoms with E-state index in [1.165, 1.54) is 11.8 Å². The maximum atomic E-state index is 12.2. The summed E-state index contributed by atoms with van der Waals surface area (Å²) < 4.78 is 7.14. The molecule has 154 valence electrons. The van der Waals surface area contributed by atoms with E-state index in [1.807, 2.05) is 42.7 Å². The summed E-state index contributed by atoms with van der Waals surface area (Å²) in [7, 11) is 1.64. The van der Waals surface area contributed by atoms with E-state index >= 15 is 0 Å². The van der Waals surface area contributed by atoms with Crippen molar-refractivity contribution in [3.63, 3.8) is 0 Å². The van der Waals surface area contributed by atoms with Crippen LogP contribution in [-0.2, 0) is 11.2 Å². The Morgan fingerprint density at radius 3 is 2.69 bits per heavy atom. The maximum absolute atomic E-state index is 12.2. The fourth-order valence-electron chi connectivity index (χ4n) is 2.79. The van der Waals surface area contributed by atoms with Gasteiger partial charge in [0.1, 0.15) is 11.6 Å². The fraction of sp³-hybridized carbons (Fsp3) is 0.400. The van der Waals surface area contributed by atoms with Crippen molar-refractivity contribution in [1.82, 2.24) is 25.1 Å². The summed E-state index contributed by atoms with van der Waals surface area (Å²) in [5.41, 5.74) is 2.02. The Bertz CT molecular complexity index is 937. The summed E-state index contributed by atoms with van der Waals surface area (Å²) in [6.45, 7) is 4.58. The van der Waals surface area contributed by atoms with E-state index in [4.69, 9.17) is 4.74 Å². The number of hydrogen-bond donors (Lipinski definition) is 1. The van der Waals surface area contributed by atoms with Gasteiger partial charge in [0.05, 0.1) is 17.9 Å². The van der Waals surface area contributed by atoms with Gasteiger partial charge in [-0.1, -0.05) is 11.8 Å². The summed E-state index contributed by atoms with van der Waals surface area (Å²) in [5, 5.41) is 15.3. The van der Waals surface area contributed by atoms with Crippen LogP contribution < -0.4 is 10.1 Å². The van der Waals surface area contributed by atoms with Gasteiger partial charge in [-0.25, -0.2) is 4.98 Å². The molecule has 0 radical (unpaired) electrons. The smallest absolute Gasteiger partial charge is 0.230 e. The van der Waals surface area contributed by atoms with Crippen LogP contribution in [0.5, 0.6) is 5.75 Å². The third kappa shape index (κ3) is 6.04. The number of nitrogens with zero attached hydrogens (tertiary/aromatic N) is 4. The Balaban J connectivity index is 1.44. The van der Waals surface area contributed by atoms with Crippen molar-refractivity contribution >= 4 is 29.0 Å². The van der Waals surface area contributed by atoms with Crippen LogP contribution in [0.2, 0.25) is 0 Å². The largest absolute Gasteiger partial charge is 0.497 e. The number of carbonyl (C=O) groups is 1. The molecule has 0 bridgehead atoms. The van der Waals surface area contributed by atoms with Crippen molar-refractivity contribution in [2.24, 2.45) is 0 Å². The second kappa shape index (κ2) is 10.4. The van der Waals surface area contributed by atoms with Crippen LogP contribution in [-0.4, -0.2) is 45.1 Å². The Hall–Kier alpha value is -2.39. The molecule has 1 aromatic carbocycles. The SMILES string of the molecule is COc1ccc(-n2c(C)nnc2SCC(=O)NCCCCc2nc(C)cs2)cc1. The number of aromatic nitrogens is 4. The lowest BCUT2D eigenvalue weighted by atomic mass is 10.2. The second-order valence-electron chi connectivity index (χ2n) is 6.54. The van der Waals surface area contributed by atoms with E-state index in [1.54, 1.807) is 18.4 Å². The predicted molar refractivity (Wildman–Crippen MR) is 116 cm³/mol.